The van der Waals surface area contributed by atoms with Crippen LogP contribution >= 0.6 is 0 Å². The Kier molecular flexibility index (Phi) is 13.6. The summed E-state index contributed by atoms with van der Waals surface area (Å²) < 4.78 is 4.36. The molecular weight excluding hydrogens is 1400 g/mol. The van der Waals surface area contributed by atoms with Gasteiger partial charge in [0.1, 0.15) is 22.3 Å². The molecule has 15 aromatic carbocycles. The number of fused-ring (bicyclic) bond motifs is 19. The molecule has 0 amide bonds. The molecule has 3 aliphatic rings. The molecule has 0 atom stereocenters. The third kappa shape index (κ3) is 9.48. The number of pyridine rings is 4. The first-order valence-corrected chi connectivity index (χ1v) is 40.0. The van der Waals surface area contributed by atoms with Crippen LogP contribution in [0.1, 0.15) is 74.9 Å². The van der Waals surface area contributed by atoms with Crippen molar-refractivity contribution in [1.82, 2.24) is 28.7 Å². The van der Waals surface area contributed by atoms with Crippen molar-refractivity contribution in [3.05, 3.63) is 373 Å². The maximum Gasteiger partial charge on any atom is 0.137 e. The van der Waals surface area contributed by atoms with Gasteiger partial charge in [0.15, 0.2) is 0 Å². The average Bonchev–Trinajstić information content (AvgIpc) is 1.58. The number of para-hydroxylation sites is 2. The van der Waals surface area contributed by atoms with Crippen LogP contribution in [0.4, 0.5) is 34.1 Å². The molecule has 24 rings (SSSR count). The largest absolute Gasteiger partial charge is 0.310 e. The van der Waals surface area contributed by atoms with Crippen LogP contribution in [0.15, 0.2) is 340 Å². The van der Waals surface area contributed by atoms with Crippen LogP contribution < -0.4 is 9.80 Å². The van der Waals surface area contributed by atoms with Crippen LogP contribution in [0, 0.1) is 0 Å². The molecule has 8 nitrogen and oxygen atoms in total. The first kappa shape index (κ1) is 65.4. The van der Waals surface area contributed by atoms with Gasteiger partial charge in [-0.2, -0.15) is 0 Å². The summed E-state index contributed by atoms with van der Waals surface area (Å²) in [5.74, 6) is 0. The zero-order valence-corrected chi connectivity index (χ0v) is 64.4. The minimum atomic E-state index is -0.348. The summed E-state index contributed by atoms with van der Waals surface area (Å²) in [5.41, 5.74) is 37.4. The zero-order valence-electron chi connectivity index (χ0n) is 64.4. The van der Waals surface area contributed by atoms with E-state index in [1.807, 2.05) is 12.1 Å². The van der Waals surface area contributed by atoms with E-state index in [-0.39, 0.29) is 16.2 Å². The molecule has 8 heteroatoms. The molecule has 0 spiro atoms. The summed E-state index contributed by atoms with van der Waals surface area (Å²) in [6, 6.07) is 122. The lowest BCUT2D eigenvalue weighted by molar-refractivity contribution is 0.659. The summed E-state index contributed by atoms with van der Waals surface area (Å²) in [6.07, 6.45) is 4.20. The van der Waals surface area contributed by atoms with E-state index in [4.69, 9.17) is 19.9 Å². The fourth-order valence-electron chi connectivity index (χ4n) is 20.3. The maximum atomic E-state index is 5.40. The van der Waals surface area contributed by atoms with Crippen LogP contribution in [0.3, 0.4) is 0 Å². The summed E-state index contributed by atoms with van der Waals surface area (Å²) >= 11 is 0. The average molecular weight is 1470 g/mol. The number of rotatable bonds is 10. The molecular formula is C107H74N8. The Morgan fingerprint density at radius 1 is 0.243 bits per heavy atom. The van der Waals surface area contributed by atoms with Gasteiger partial charge in [0.25, 0.3) is 0 Å². The molecule has 6 aromatic heterocycles. The van der Waals surface area contributed by atoms with Crippen LogP contribution in [-0.2, 0) is 16.2 Å². The minimum Gasteiger partial charge on any atom is -0.310 e. The predicted molar refractivity (Wildman–Crippen MR) is 477 cm³/mol. The Morgan fingerprint density at radius 2 is 0.626 bits per heavy atom. The van der Waals surface area contributed by atoms with Gasteiger partial charge in [-0.05, 0) is 243 Å². The Balaban J connectivity index is 0.587. The van der Waals surface area contributed by atoms with E-state index in [0.29, 0.717) is 0 Å². The molecule has 21 aromatic rings. The van der Waals surface area contributed by atoms with E-state index in [1.165, 1.54) is 116 Å². The molecule has 0 N–H and O–H groups in total. The van der Waals surface area contributed by atoms with Crippen molar-refractivity contribution >= 4 is 122 Å². The second kappa shape index (κ2) is 23.9. The van der Waals surface area contributed by atoms with Crippen LogP contribution in [0.5, 0.6) is 0 Å². The highest BCUT2D eigenvalue weighted by Gasteiger charge is 2.41. The zero-order chi connectivity index (χ0) is 76.5. The van der Waals surface area contributed by atoms with Crippen molar-refractivity contribution in [2.75, 3.05) is 9.80 Å². The fourth-order valence-corrected chi connectivity index (χ4v) is 20.3. The summed E-state index contributed by atoms with van der Waals surface area (Å²) in [7, 11) is 0. The van der Waals surface area contributed by atoms with Gasteiger partial charge in [-0.25, -0.2) is 19.9 Å². The normalized spacial score (nSPS) is 14.0. The van der Waals surface area contributed by atoms with Crippen molar-refractivity contribution in [2.24, 2.45) is 0 Å². The fraction of sp³-hybridized carbons (Fsp3) is 0.0841. The van der Waals surface area contributed by atoms with Gasteiger partial charge in [-0.1, -0.05) is 248 Å². The van der Waals surface area contributed by atoms with Gasteiger partial charge in [-0.3, -0.25) is 8.80 Å². The van der Waals surface area contributed by atoms with Crippen molar-refractivity contribution in [3.8, 4) is 78.1 Å². The molecule has 115 heavy (non-hydrogen) atoms. The highest BCUT2D eigenvalue weighted by molar-refractivity contribution is 6.25. The topological polar surface area (TPSA) is 66.9 Å². The molecule has 0 radical (unpaired) electrons. The standard InChI is InChI=1S/C107H74N8/c1-105(2)87-26-10-7-23-78(87)81-52-45-75(60-90(81)105)115(72-43-35-67(36-44-72)100-104-102(86-25-9-12-28-94(86)109-100)111-96-30-14-16-56-113(96)104)76-47-54-83-80-50-40-69(59-89(80)107(5,6)92(83)62-76)68-39-49-79-82-53-46-74(61-91(82)106(3,4)88(79)58-68)114(73-22-18-21-70(57-73)77-48-37-65-32-31-63-19-17-20-64-38-51-84(77)98(65)97(63)64)71-41-33-66(34-42-71)99-103-101(85-24-8-11-27-93(85)108-99)110-95-29-13-15-55-112(95)103/h7-62H,1-6H3. The van der Waals surface area contributed by atoms with E-state index in [0.717, 1.165) is 117 Å². The SMILES string of the molecule is CC1(C)c2ccccc2-c2ccc(N(c3ccc(-c4nc5ccccc5c5nc6ccccn6c45)cc3)c3ccc4c(c3)C(C)(C)c3cc(-c5ccc6c(c5)C(C)(C)c5cc(N(c7ccc(-c8nc9ccccc9c9nc%10ccccn%10c89)cc7)c7cccc(-c8ccc9ccc%10cccc%11ccc8c9c%10%11)c7)ccc5-6)ccc3-4)cc21. The van der Waals surface area contributed by atoms with E-state index in [2.05, 4.69) is 388 Å². The van der Waals surface area contributed by atoms with Crippen molar-refractivity contribution in [3.63, 3.8) is 0 Å². The lowest BCUT2D eigenvalue weighted by Crippen LogP contribution is -2.18. The van der Waals surface area contributed by atoms with E-state index < -0.39 is 0 Å². The van der Waals surface area contributed by atoms with E-state index in [9.17, 15) is 0 Å². The van der Waals surface area contributed by atoms with Gasteiger partial charge in [0.2, 0.25) is 0 Å². The van der Waals surface area contributed by atoms with Crippen LogP contribution in [0.2, 0.25) is 0 Å². The monoisotopic (exact) mass is 1470 g/mol. The van der Waals surface area contributed by atoms with Crippen LogP contribution in [0.25, 0.3) is 166 Å². The first-order valence-electron chi connectivity index (χ1n) is 40.0. The number of aromatic nitrogens is 6. The molecule has 6 heterocycles. The maximum absolute atomic E-state index is 5.40. The highest BCUT2D eigenvalue weighted by atomic mass is 15.2. The molecule has 0 saturated heterocycles. The number of imidazole rings is 2. The number of benzene rings is 15. The van der Waals surface area contributed by atoms with Gasteiger partial charge in [-0.15, -0.1) is 0 Å². The summed E-state index contributed by atoms with van der Waals surface area (Å²) in [4.78, 5) is 26.1. The van der Waals surface area contributed by atoms with Crippen molar-refractivity contribution in [2.45, 2.75) is 57.8 Å². The smallest absolute Gasteiger partial charge is 0.137 e. The Labute approximate surface area is 665 Å². The van der Waals surface area contributed by atoms with Gasteiger partial charge >= 0.3 is 0 Å². The number of anilines is 6. The Hall–Kier alpha value is -14.3. The van der Waals surface area contributed by atoms with Gasteiger partial charge in [0.05, 0.1) is 33.5 Å². The predicted octanol–water partition coefficient (Wildman–Crippen LogP) is 27.8. The molecule has 0 saturated carbocycles. The Morgan fingerprint density at radius 3 is 1.15 bits per heavy atom. The van der Waals surface area contributed by atoms with Gasteiger partial charge in [0, 0.05) is 84.7 Å². The number of hydrogen-bond acceptors (Lipinski definition) is 6. The highest BCUT2D eigenvalue weighted by Crippen LogP contribution is 2.57. The molecule has 542 valence electrons. The minimum absolute atomic E-state index is 0.188. The van der Waals surface area contributed by atoms with Crippen molar-refractivity contribution in [1.29, 1.82) is 0 Å². The van der Waals surface area contributed by atoms with Crippen molar-refractivity contribution < 1.29 is 0 Å². The van der Waals surface area contributed by atoms with E-state index >= 15 is 0 Å². The molecule has 0 aliphatic heterocycles. The van der Waals surface area contributed by atoms with E-state index in [1.54, 1.807) is 0 Å². The lowest BCUT2D eigenvalue weighted by Gasteiger charge is -2.30. The molecule has 0 unspecified atom stereocenters. The third-order valence-electron chi connectivity index (χ3n) is 26.0. The Bertz CT molecular complexity index is 7750. The summed E-state index contributed by atoms with van der Waals surface area (Å²) in [5, 5.41) is 9.74. The first-order chi connectivity index (χ1) is 56.2. The molecule has 0 bridgehead atoms. The molecule has 0 fully saturated rings. The quantitative estimate of drug-likeness (QED) is 0.127. The second-order valence-electron chi connectivity index (χ2n) is 33.3. The summed E-state index contributed by atoms with van der Waals surface area (Å²) in [6.45, 7) is 14.4. The number of nitrogens with zero attached hydrogens (tertiary/aromatic N) is 8. The van der Waals surface area contributed by atoms with Gasteiger partial charge < -0.3 is 9.80 Å². The molecule has 3 aliphatic carbocycles. The number of hydrogen-bond donors (Lipinski definition) is 0. The third-order valence-corrected chi connectivity index (χ3v) is 26.0. The van der Waals surface area contributed by atoms with Crippen LogP contribution in [-0.4, -0.2) is 28.7 Å². The second-order valence-corrected chi connectivity index (χ2v) is 33.3. The lowest BCUT2D eigenvalue weighted by atomic mass is 9.80.